The average molecular weight is 370 g/mol. The molecule has 0 bridgehead atoms. The van der Waals surface area contributed by atoms with Gasteiger partial charge in [-0.05, 0) is 30.3 Å². The number of hydrazine groups is 1. The van der Waals surface area contributed by atoms with Gasteiger partial charge in [-0.25, -0.2) is 9.97 Å². The average Bonchev–Trinajstić information content (AvgIpc) is 2.77. The molecular formula is C22H18N4O2. The molecule has 0 atom stereocenters. The first kappa shape index (κ1) is 17.5. The highest BCUT2D eigenvalue weighted by Gasteiger charge is 2.11. The first-order valence-electron chi connectivity index (χ1n) is 8.77. The van der Waals surface area contributed by atoms with Gasteiger partial charge in [-0.15, -0.1) is 0 Å². The number of fused-ring (bicyclic) bond motifs is 1. The molecule has 0 radical (unpaired) electrons. The summed E-state index contributed by atoms with van der Waals surface area (Å²) in [4.78, 5) is 21.7. The van der Waals surface area contributed by atoms with E-state index in [2.05, 4.69) is 20.8 Å². The number of rotatable bonds is 5. The van der Waals surface area contributed by atoms with Gasteiger partial charge in [-0.1, -0.05) is 48.5 Å². The van der Waals surface area contributed by atoms with E-state index in [1.54, 1.807) is 31.4 Å². The molecule has 6 heteroatoms. The van der Waals surface area contributed by atoms with Gasteiger partial charge in [0.2, 0.25) is 0 Å². The molecular weight excluding hydrogens is 352 g/mol. The summed E-state index contributed by atoms with van der Waals surface area (Å²) in [5, 5.41) is 0.813. The number of amides is 1. The van der Waals surface area contributed by atoms with E-state index in [0.29, 0.717) is 23.0 Å². The Morgan fingerprint density at radius 2 is 1.68 bits per heavy atom. The maximum Gasteiger partial charge on any atom is 0.269 e. The number of ether oxygens (including phenoxy) is 1. The third-order valence-corrected chi connectivity index (χ3v) is 4.26. The van der Waals surface area contributed by atoms with Gasteiger partial charge in [0.15, 0.2) is 11.6 Å². The van der Waals surface area contributed by atoms with Gasteiger partial charge in [0, 0.05) is 16.5 Å². The van der Waals surface area contributed by atoms with E-state index >= 15 is 0 Å². The second-order valence-electron chi connectivity index (χ2n) is 6.09. The number of benzene rings is 3. The van der Waals surface area contributed by atoms with Gasteiger partial charge in [0.25, 0.3) is 5.91 Å². The highest BCUT2D eigenvalue weighted by molar-refractivity contribution is 5.97. The Morgan fingerprint density at radius 3 is 2.50 bits per heavy atom. The number of nitrogens with one attached hydrogen (secondary N) is 2. The van der Waals surface area contributed by atoms with Gasteiger partial charge >= 0.3 is 0 Å². The summed E-state index contributed by atoms with van der Waals surface area (Å²) in [5.41, 5.74) is 7.81. The number of carbonyl (C=O) groups excluding carboxylic acids is 1. The number of methoxy groups -OCH3 is 1. The smallest absolute Gasteiger partial charge is 0.269 e. The summed E-state index contributed by atoms with van der Waals surface area (Å²) in [6.45, 7) is 0. The zero-order chi connectivity index (χ0) is 19.3. The number of aromatic nitrogens is 2. The molecule has 0 aliphatic carbocycles. The SMILES string of the molecule is COc1cccc(C(=O)NNc2nc(-c3ccccc3)nc3ccccc23)c1. The van der Waals surface area contributed by atoms with Crippen molar-refractivity contribution in [3.05, 3.63) is 84.4 Å². The van der Waals surface area contributed by atoms with E-state index < -0.39 is 0 Å². The number of hydrogen-bond donors (Lipinski definition) is 2. The third kappa shape index (κ3) is 3.61. The van der Waals surface area contributed by atoms with Gasteiger partial charge in [-0.2, -0.15) is 0 Å². The van der Waals surface area contributed by atoms with Crippen LogP contribution in [-0.4, -0.2) is 23.0 Å². The molecule has 0 aliphatic heterocycles. The monoisotopic (exact) mass is 370 g/mol. The lowest BCUT2D eigenvalue weighted by Gasteiger charge is -2.12. The zero-order valence-electron chi connectivity index (χ0n) is 15.2. The maximum atomic E-state index is 12.5. The molecule has 0 saturated heterocycles. The first-order chi connectivity index (χ1) is 13.7. The van der Waals surface area contributed by atoms with Crippen molar-refractivity contribution in [3.63, 3.8) is 0 Å². The minimum atomic E-state index is -0.289. The Kier molecular flexibility index (Phi) is 4.84. The van der Waals surface area contributed by atoms with Gasteiger partial charge in [0.05, 0.1) is 12.6 Å². The van der Waals surface area contributed by atoms with Crippen LogP contribution in [0.2, 0.25) is 0 Å². The Morgan fingerprint density at radius 1 is 0.893 bits per heavy atom. The Labute approximate surface area is 162 Å². The molecule has 1 aromatic heterocycles. The molecule has 0 unspecified atom stereocenters. The predicted molar refractivity (Wildman–Crippen MR) is 109 cm³/mol. The summed E-state index contributed by atoms with van der Waals surface area (Å²) >= 11 is 0. The van der Waals surface area contributed by atoms with E-state index in [-0.39, 0.29) is 5.91 Å². The zero-order valence-corrected chi connectivity index (χ0v) is 15.2. The van der Waals surface area contributed by atoms with E-state index in [1.807, 2.05) is 54.6 Å². The lowest BCUT2D eigenvalue weighted by molar-refractivity contribution is 0.0962. The number of para-hydroxylation sites is 1. The summed E-state index contributed by atoms with van der Waals surface area (Å²) in [7, 11) is 1.56. The summed E-state index contributed by atoms with van der Waals surface area (Å²) in [6, 6.07) is 24.3. The molecule has 3 aromatic carbocycles. The fourth-order valence-electron chi connectivity index (χ4n) is 2.84. The minimum absolute atomic E-state index is 0.289. The van der Waals surface area contributed by atoms with Crippen molar-refractivity contribution in [1.29, 1.82) is 0 Å². The van der Waals surface area contributed by atoms with Crippen LogP contribution in [0.15, 0.2) is 78.9 Å². The molecule has 28 heavy (non-hydrogen) atoms. The van der Waals surface area contributed by atoms with Crippen molar-refractivity contribution in [1.82, 2.24) is 15.4 Å². The minimum Gasteiger partial charge on any atom is -0.497 e. The standard InChI is InChI=1S/C22H18N4O2/c1-28-17-11-7-10-16(14-17)22(27)26-25-21-18-12-5-6-13-19(18)23-20(24-21)15-8-3-2-4-9-15/h2-14H,1H3,(H,26,27)(H,23,24,25). The van der Waals surface area contributed by atoms with E-state index in [1.165, 1.54) is 0 Å². The van der Waals surface area contributed by atoms with Crippen LogP contribution in [0.4, 0.5) is 5.82 Å². The molecule has 6 nitrogen and oxygen atoms in total. The molecule has 0 fully saturated rings. The molecule has 0 spiro atoms. The summed E-state index contributed by atoms with van der Waals surface area (Å²) in [5.74, 6) is 1.44. The fourth-order valence-corrected chi connectivity index (χ4v) is 2.84. The van der Waals surface area contributed by atoms with E-state index in [9.17, 15) is 4.79 Å². The van der Waals surface area contributed by atoms with Crippen molar-refractivity contribution >= 4 is 22.6 Å². The van der Waals surface area contributed by atoms with E-state index in [4.69, 9.17) is 4.74 Å². The second-order valence-corrected chi connectivity index (χ2v) is 6.09. The summed E-state index contributed by atoms with van der Waals surface area (Å²) in [6.07, 6.45) is 0. The van der Waals surface area contributed by atoms with Crippen LogP contribution in [0.3, 0.4) is 0 Å². The molecule has 2 N–H and O–H groups in total. The molecule has 4 aromatic rings. The van der Waals surface area contributed by atoms with Gasteiger partial charge in [-0.3, -0.25) is 15.6 Å². The molecule has 138 valence electrons. The van der Waals surface area contributed by atoms with Gasteiger partial charge in [0.1, 0.15) is 5.75 Å². The van der Waals surface area contributed by atoms with Crippen molar-refractivity contribution in [2.45, 2.75) is 0 Å². The first-order valence-corrected chi connectivity index (χ1v) is 8.77. The lowest BCUT2D eigenvalue weighted by atomic mass is 10.2. The van der Waals surface area contributed by atoms with Crippen LogP contribution in [0, 0.1) is 0 Å². The largest absolute Gasteiger partial charge is 0.497 e. The highest BCUT2D eigenvalue weighted by atomic mass is 16.5. The number of carbonyl (C=O) groups is 1. The Hall–Kier alpha value is -3.93. The van der Waals surface area contributed by atoms with Crippen molar-refractivity contribution in [2.75, 3.05) is 12.5 Å². The topological polar surface area (TPSA) is 76.1 Å². The number of hydrogen-bond acceptors (Lipinski definition) is 5. The number of anilines is 1. The molecule has 0 saturated carbocycles. The molecule has 1 heterocycles. The highest BCUT2D eigenvalue weighted by Crippen LogP contribution is 2.24. The van der Waals surface area contributed by atoms with Crippen LogP contribution in [-0.2, 0) is 0 Å². The van der Waals surface area contributed by atoms with E-state index in [0.717, 1.165) is 16.5 Å². The Balaban J connectivity index is 1.65. The summed E-state index contributed by atoms with van der Waals surface area (Å²) < 4.78 is 5.17. The van der Waals surface area contributed by atoms with Gasteiger partial charge < -0.3 is 4.74 Å². The van der Waals surface area contributed by atoms with Crippen LogP contribution in [0.25, 0.3) is 22.3 Å². The predicted octanol–water partition coefficient (Wildman–Crippen LogP) is 4.06. The quantitative estimate of drug-likeness (QED) is 0.518. The molecule has 0 aliphatic rings. The van der Waals surface area contributed by atoms with Crippen LogP contribution < -0.4 is 15.6 Å². The van der Waals surface area contributed by atoms with Crippen molar-refractivity contribution in [2.24, 2.45) is 0 Å². The van der Waals surface area contributed by atoms with Crippen molar-refractivity contribution < 1.29 is 9.53 Å². The fraction of sp³-hybridized carbons (Fsp3) is 0.0455. The van der Waals surface area contributed by atoms with Crippen LogP contribution in [0.5, 0.6) is 5.75 Å². The molecule has 1 amide bonds. The van der Waals surface area contributed by atoms with Crippen molar-refractivity contribution in [3.8, 4) is 17.1 Å². The maximum absolute atomic E-state index is 12.5. The molecule has 4 rings (SSSR count). The normalized spacial score (nSPS) is 10.5. The van der Waals surface area contributed by atoms with Crippen LogP contribution in [0.1, 0.15) is 10.4 Å². The number of nitrogens with zero attached hydrogens (tertiary/aromatic N) is 2. The van der Waals surface area contributed by atoms with Crippen LogP contribution >= 0.6 is 0 Å². The second kappa shape index (κ2) is 7.75. The third-order valence-electron chi connectivity index (χ3n) is 4.26. The lowest BCUT2D eigenvalue weighted by Crippen LogP contribution is -2.30. The Bertz CT molecular complexity index is 1130.